The molecule has 136 valence electrons. The summed E-state index contributed by atoms with van der Waals surface area (Å²) in [5, 5.41) is 3.17. The van der Waals surface area contributed by atoms with Crippen LogP contribution in [0.4, 0.5) is 0 Å². The largest absolute Gasteiger partial charge is 0.345 e. The summed E-state index contributed by atoms with van der Waals surface area (Å²) in [6.45, 7) is 3.33. The summed E-state index contributed by atoms with van der Waals surface area (Å²) in [6, 6.07) is 18.0. The van der Waals surface area contributed by atoms with Gasteiger partial charge in [0.05, 0.1) is 6.04 Å². The molecule has 4 nitrogen and oxygen atoms in total. The zero-order valence-electron chi connectivity index (χ0n) is 15.3. The lowest BCUT2D eigenvalue weighted by Gasteiger charge is -2.27. The van der Waals surface area contributed by atoms with Crippen LogP contribution in [0, 0.1) is 6.92 Å². The third-order valence-corrected chi connectivity index (χ3v) is 4.97. The van der Waals surface area contributed by atoms with Crippen LogP contribution >= 0.6 is 0 Å². The summed E-state index contributed by atoms with van der Waals surface area (Å²) in [5.41, 5.74) is 3.30. The molecular weight excluding hydrogens is 324 g/mol. The van der Waals surface area contributed by atoms with Crippen LogP contribution in [0.2, 0.25) is 0 Å². The first kappa shape index (κ1) is 18.2. The molecule has 0 radical (unpaired) electrons. The van der Waals surface area contributed by atoms with Gasteiger partial charge in [0, 0.05) is 25.9 Å². The summed E-state index contributed by atoms with van der Waals surface area (Å²) >= 11 is 0. The molecule has 26 heavy (non-hydrogen) atoms. The van der Waals surface area contributed by atoms with Crippen LogP contribution in [0.25, 0.3) is 0 Å². The zero-order valence-corrected chi connectivity index (χ0v) is 15.3. The van der Waals surface area contributed by atoms with Gasteiger partial charge in [0.15, 0.2) is 0 Å². The number of nitrogens with zero attached hydrogens (tertiary/aromatic N) is 1. The molecule has 1 N–H and O–H groups in total. The number of carbonyl (C=O) groups excluding carboxylic acids is 2. The fourth-order valence-electron chi connectivity index (χ4n) is 3.46. The minimum absolute atomic E-state index is 0.0273. The number of hydrogen-bond acceptors (Lipinski definition) is 2. The van der Waals surface area contributed by atoms with Crippen molar-refractivity contribution in [2.24, 2.45) is 0 Å². The maximum atomic E-state index is 12.6. The van der Waals surface area contributed by atoms with Crippen molar-refractivity contribution in [3.63, 3.8) is 0 Å². The molecule has 2 aromatic carbocycles. The molecule has 1 atom stereocenters. The Bertz CT molecular complexity index is 758. The molecule has 1 fully saturated rings. The number of hydrogen-bond donors (Lipinski definition) is 1. The standard InChI is InChI=1S/C22H26N2O2/c1-17-9-5-6-12-19(17)22(18-10-3-2-4-11-18)23-20(25)14-16-24-15-8-7-13-21(24)26/h2-6,9-12,22H,7-8,13-16H2,1H3,(H,23,25)/t22-/m0/s1. The van der Waals surface area contributed by atoms with E-state index in [1.54, 1.807) is 0 Å². The monoisotopic (exact) mass is 350 g/mol. The van der Waals surface area contributed by atoms with E-state index in [0.717, 1.165) is 36.1 Å². The number of piperidine rings is 1. The van der Waals surface area contributed by atoms with Gasteiger partial charge in [-0.1, -0.05) is 54.6 Å². The molecule has 0 spiro atoms. The summed E-state index contributed by atoms with van der Waals surface area (Å²) in [5.74, 6) is 0.142. The van der Waals surface area contributed by atoms with E-state index in [1.165, 1.54) is 0 Å². The van der Waals surface area contributed by atoms with Crippen molar-refractivity contribution in [1.29, 1.82) is 0 Å². The van der Waals surface area contributed by atoms with E-state index in [0.29, 0.717) is 19.4 Å². The highest BCUT2D eigenvalue weighted by atomic mass is 16.2. The lowest BCUT2D eigenvalue weighted by molar-refractivity contribution is -0.133. The summed E-state index contributed by atoms with van der Waals surface area (Å²) in [6.07, 6.45) is 2.94. The smallest absolute Gasteiger partial charge is 0.222 e. The Balaban J connectivity index is 1.70. The van der Waals surface area contributed by atoms with Crippen molar-refractivity contribution in [2.75, 3.05) is 13.1 Å². The number of benzene rings is 2. The van der Waals surface area contributed by atoms with E-state index in [-0.39, 0.29) is 17.9 Å². The van der Waals surface area contributed by atoms with Gasteiger partial charge in [-0.3, -0.25) is 9.59 Å². The molecule has 2 amide bonds. The second-order valence-electron chi connectivity index (χ2n) is 6.86. The third-order valence-electron chi connectivity index (χ3n) is 4.97. The molecule has 4 heteroatoms. The molecule has 1 aliphatic rings. The predicted octanol–water partition coefficient (Wildman–Crippen LogP) is 3.60. The molecule has 1 heterocycles. The first-order valence-corrected chi connectivity index (χ1v) is 9.33. The average molecular weight is 350 g/mol. The van der Waals surface area contributed by atoms with E-state index in [2.05, 4.69) is 24.4 Å². The number of rotatable bonds is 6. The number of amides is 2. The first-order valence-electron chi connectivity index (χ1n) is 9.33. The van der Waals surface area contributed by atoms with Crippen molar-refractivity contribution in [2.45, 2.75) is 38.6 Å². The second-order valence-corrected chi connectivity index (χ2v) is 6.86. The van der Waals surface area contributed by atoms with Crippen molar-refractivity contribution in [3.8, 4) is 0 Å². The van der Waals surface area contributed by atoms with Crippen LogP contribution in [0.5, 0.6) is 0 Å². The van der Waals surface area contributed by atoms with E-state index < -0.39 is 0 Å². The first-order chi connectivity index (χ1) is 12.6. The van der Waals surface area contributed by atoms with Gasteiger partial charge in [0.25, 0.3) is 0 Å². The van der Waals surface area contributed by atoms with E-state index in [4.69, 9.17) is 0 Å². The normalized spacial score (nSPS) is 15.6. The van der Waals surface area contributed by atoms with Gasteiger partial charge in [0.1, 0.15) is 0 Å². The Morgan fingerprint density at radius 2 is 1.81 bits per heavy atom. The third kappa shape index (κ3) is 4.51. The van der Waals surface area contributed by atoms with Crippen molar-refractivity contribution < 1.29 is 9.59 Å². The molecule has 0 saturated carbocycles. The SMILES string of the molecule is Cc1ccccc1[C@@H](NC(=O)CCN1CCCCC1=O)c1ccccc1. The average Bonchev–Trinajstić information content (AvgIpc) is 2.67. The maximum Gasteiger partial charge on any atom is 0.222 e. The molecule has 2 aromatic rings. The van der Waals surface area contributed by atoms with Crippen LogP contribution in [-0.2, 0) is 9.59 Å². The van der Waals surface area contributed by atoms with E-state index >= 15 is 0 Å². The molecular formula is C22H26N2O2. The Morgan fingerprint density at radius 1 is 1.08 bits per heavy atom. The van der Waals surface area contributed by atoms with Crippen LogP contribution in [-0.4, -0.2) is 29.8 Å². The predicted molar refractivity (Wildman–Crippen MR) is 103 cm³/mol. The van der Waals surface area contributed by atoms with Crippen LogP contribution in [0.1, 0.15) is 48.4 Å². The lowest BCUT2D eigenvalue weighted by Crippen LogP contribution is -2.39. The molecule has 0 aromatic heterocycles. The zero-order chi connectivity index (χ0) is 18.4. The van der Waals surface area contributed by atoms with Gasteiger partial charge < -0.3 is 10.2 Å². The van der Waals surface area contributed by atoms with Crippen LogP contribution < -0.4 is 5.32 Å². The van der Waals surface area contributed by atoms with Crippen molar-refractivity contribution in [1.82, 2.24) is 10.2 Å². The maximum absolute atomic E-state index is 12.6. The van der Waals surface area contributed by atoms with Gasteiger partial charge in [-0.25, -0.2) is 0 Å². The van der Waals surface area contributed by atoms with Gasteiger partial charge in [0.2, 0.25) is 11.8 Å². The van der Waals surface area contributed by atoms with Crippen LogP contribution in [0.3, 0.4) is 0 Å². The van der Waals surface area contributed by atoms with Gasteiger partial charge in [-0.15, -0.1) is 0 Å². The molecule has 3 rings (SSSR count). The highest BCUT2D eigenvalue weighted by Gasteiger charge is 2.21. The summed E-state index contributed by atoms with van der Waals surface area (Å²) < 4.78 is 0. The Kier molecular flexibility index (Phi) is 6.05. The van der Waals surface area contributed by atoms with Crippen LogP contribution in [0.15, 0.2) is 54.6 Å². The highest BCUT2D eigenvalue weighted by molar-refractivity contribution is 5.80. The van der Waals surface area contributed by atoms with E-state index in [1.807, 2.05) is 47.4 Å². The van der Waals surface area contributed by atoms with Gasteiger partial charge in [-0.05, 0) is 36.5 Å². The molecule has 0 bridgehead atoms. The number of carbonyl (C=O) groups is 2. The van der Waals surface area contributed by atoms with E-state index in [9.17, 15) is 9.59 Å². The van der Waals surface area contributed by atoms with Gasteiger partial charge >= 0.3 is 0 Å². The minimum atomic E-state index is -0.179. The highest BCUT2D eigenvalue weighted by Crippen LogP contribution is 2.25. The fraction of sp³-hybridized carbons (Fsp3) is 0.364. The van der Waals surface area contributed by atoms with Crippen molar-refractivity contribution >= 4 is 11.8 Å². The fourth-order valence-corrected chi connectivity index (χ4v) is 3.46. The quantitative estimate of drug-likeness (QED) is 0.865. The summed E-state index contributed by atoms with van der Waals surface area (Å²) in [4.78, 5) is 26.3. The topological polar surface area (TPSA) is 49.4 Å². The second kappa shape index (κ2) is 8.65. The number of aryl methyl sites for hydroxylation is 1. The Hall–Kier alpha value is -2.62. The number of likely N-dealkylation sites (tertiary alicyclic amines) is 1. The van der Waals surface area contributed by atoms with Gasteiger partial charge in [-0.2, -0.15) is 0 Å². The summed E-state index contributed by atoms with van der Waals surface area (Å²) in [7, 11) is 0. The van der Waals surface area contributed by atoms with Crippen molar-refractivity contribution in [3.05, 3.63) is 71.3 Å². The Labute approximate surface area is 155 Å². The minimum Gasteiger partial charge on any atom is -0.345 e. The molecule has 0 aliphatic carbocycles. The molecule has 0 unspecified atom stereocenters. The Morgan fingerprint density at radius 3 is 2.54 bits per heavy atom. The molecule has 1 aliphatic heterocycles. The molecule has 1 saturated heterocycles. The number of nitrogens with one attached hydrogen (secondary N) is 1. The lowest BCUT2D eigenvalue weighted by atomic mass is 9.95.